The van der Waals surface area contributed by atoms with Gasteiger partial charge in [0.15, 0.2) is 0 Å². The molecule has 0 N–H and O–H groups in total. The third-order valence-electron chi connectivity index (χ3n) is 5.48. The summed E-state index contributed by atoms with van der Waals surface area (Å²) < 4.78 is 17.0. The van der Waals surface area contributed by atoms with Crippen LogP contribution in [0, 0.1) is 5.92 Å². The molecule has 0 unspecified atom stereocenters. The molecule has 1 heterocycles. The van der Waals surface area contributed by atoms with E-state index in [0.29, 0.717) is 5.92 Å². The molecule has 0 spiro atoms. The van der Waals surface area contributed by atoms with Crippen LogP contribution in [0.15, 0.2) is 91.0 Å². The van der Waals surface area contributed by atoms with Gasteiger partial charge < -0.3 is 0 Å². The molecule has 1 fully saturated rings. The highest BCUT2D eigenvalue weighted by atomic mass is 31.2. The molecule has 1 aliphatic rings. The van der Waals surface area contributed by atoms with Gasteiger partial charge in [-0.15, -0.1) is 0 Å². The van der Waals surface area contributed by atoms with Crippen molar-refractivity contribution in [3.63, 3.8) is 0 Å². The molecule has 1 aliphatic heterocycles. The lowest BCUT2D eigenvalue weighted by molar-refractivity contribution is 0.393. The number of benzene rings is 3. The van der Waals surface area contributed by atoms with Crippen molar-refractivity contribution in [1.29, 1.82) is 0 Å². The number of rotatable bonds is 5. The summed E-state index contributed by atoms with van der Waals surface area (Å²) in [6.07, 6.45) is 2.02. The SMILES string of the molecule is C[C@@H]1C[C@H](Cc2ccccc2)N(P(=O)(c2ccccc2)c2ccccc2)C1. The Balaban J connectivity index is 1.78. The lowest BCUT2D eigenvalue weighted by atomic mass is 10.0. The molecule has 2 atom stereocenters. The third kappa shape index (κ3) is 3.65. The minimum Gasteiger partial charge on any atom is -0.296 e. The van der Waals surface area contributed by atoms with Crippen LogP contribution >= 0.6 is 7.29 Å². The van der Waals surface area contributed by atoms with Gasteiger partial charge in [-0.1, -0.05) is 73.7 Å². The molecular weight excluding hydrogens is 349 g/mol. The van der Waals surface area contributed by atoms with Crippen molar-refractivity contribution >= 4 is 17.9 Å². The van der Waals surface area contributed by atoms with E-state index in [4.69, 9.17) is 0 Å². The maximum atomic E-state index is 14.7. The molecule has 4 rings (SSSR count). The van der Waals surface area contributed by atoms with Crippen LogP contribution in [0.25, 0.3) is 0 Å². The number of nitrogens with zero attached hydrogens (tertiary/aromatic N) is 1. The fourth-order valence-corrected chi connectivity index (χ4v) is 7.44. The summed E-state index contributed by atoms with van der Waals surface area (Å²) in [5.41, 5.74) is 1.31. The van der Waals surface area contributed by atoms with Gasteiger partial charge in [-0.25, -0.2) is 4.67 Å². The van der Waals surface area contributed by atoms with E-state index >= 15 is 0 Å². The van der Waals surface area contributed by atoms with Crippen LogP contribution in [0.1, 0.15) is 18.9 Å². The summed E-state index contributed by atoms with van der Waals surface area (Å²) in [5.74, 6) is 0.541. The monoisotopic (exact) mass is 375 g/mol. The van der Waals surface area contributed by atoms with E-state index in [1.165, 1.54) is 5.56 Å². The van der Waals surface area contributed by atoms with Crippen molar-refractivity contribution in [1.82, 2.24) is 4.67 Å². The van der Waals surface area contributed by atoms with Crippen LogP contribution < -0.4 is 10.6 Å². The lowest BCUT2D eigenvalue weighted by Crippen LogP contribution is -2.37. The third-order valence-corrected chi connectivity index (χ3v) is 8.69. The van der Waals surface area contributed by atoms with Crippen molar-refractivity contribution in [2.45, 2.75) is 25.8 Å². The van der Waals surface area contributed by atoms with Gasteiger partial charge in [-0.05, 0) is 48.6 Å². The first-order valence-corrected chi connectivity index (χ1v) is 11.4. The standard InChI is InChI=1S/C24H26NOP/c1-20-17-22(18-21-11-5-2-6-12-21)25(19-20)27(26,23-13-7-3-8-14-23)24-15-9-4-10-16-24/h2-16,20,22H,17-19H2,1H3/t20-,22-/m1/s1. The predicted molar refractivity (Wildman–Crippen MR) is 114 cm³/mol. The number of hydrogen-bond donors (Lipinski definition) is 0. The molecule has 3 aromatic carbocycles. The van der Waals surface area contributed by atoms with Crippen LogP contribution in [0.2, 0.25) is 0 Å². The van der Waals surface area contributed by atoms with E-state index in [0.717, 1.165) is 30.0 Å². The zero-order valence-electron chi connectivity index (χ0n) is 15.7. The Labute approximate surface area is 162 Å². The molecule has 0 radical (unpaired) electrons. The van der Waals surface area contributed by atoms with Gasteiger partial charge in [-0.3, -0.25) is 4.57 Å². The molecular formula is C24H26NOP. The predicted octanol–water partition coefficient (Wildman–Crippen LogP) is 4.87. The highest BCUT2D eigenvalue weighted by Crippen LogP contribution is 2.52. The highest BCUT2D eigenvalue weighted by Gasteiger charge is 2.43. The smallest absolute Gasteiger partial charge is 0.207 e. The molecule has 0 bridgehead atoms. The van der Waals surface area contributed by atoms with Gasteiger partial charge in [0.25, 0.3) is 0 Å². The van der Waals surface area contributed by atoms with E-state index in [1.54, 1.807) is 0 Å². The summed E-state index contributed by atoms with van der Waals surface area (Å²) in [6.45, 7) is 3.15. The molecule has 27 heavy (non-hydrogen) atoms. The molecule has 3 heteroatoms. The Hall–Kier alpha value is -2.15. The summed E-state index contributed by atoms with van der Waals surface area (Å²) in [5, 5.41) is 1.87. The Morgan fingerprint density at radius 1 is 0.815 bits per heavy atom. The average Bonchev–Trinajstić information content (AvgIpc) is 3.10. The summed E-state index contributed by atoms with van der Waals surface area (Å²) >= 11 is 0. The minimum atomic E-state index is -2.87. The Morgan fingerprint density at radius 3 is 1.81 bits per heavy atom. The normalized spacial score (nSPS) is 20.6. The van der Waals surface area contributed by atoms with Crippen LogP contribution in [-0.4, -0.2) is 17.3 Å². The quantitative estimate of drug-likeness (QED) is 0.593. The van der Waals surface area contributed by atoms with Crippen LogP contribution in [0.5, 0.6) is 0 Å². The lowest BCUT2D eigenvalue weighted by Gasteiger charge is -2.34. The second kappa shape index (κ2) is 7.84. The van der Waals surface area contributed by atoms with Crippen molar-refractivity contribution in [2.24, 2.45) is 5.92 Å². The average molecular weight is 375 g/mol. The maximum absolute atomic E-state index is 14.7. The van der Waals surface area contributed by atoms with Crippen LogP contribution in [0.3, 0.4) is 0 Å². The van der Waals surface area contributed by atoms with E-state index in [2.05, 4.69) is 41.9 Å². The van der Waals surface area contributed by atoms with Crippen molar-refractivity contribution in [3.8, 4) is 0 Å². The summed E-state index contributed by atoms with van der Waals surface area (Å²) in [4.78, 5) is 0. The molecule has 2 nitrogen and oxygen atoms in total. The van der Waals surface area contributed by atoms with Gasteiger partial charge in [-0.2, -0.15) is 0 Å². The minimum absolute atomic E-state index is 0.286. The van der Waals surface area contributed by atoms with Gasteiger partial charge in [0.1, 0.15) is 0 Å². The molecule has 3 aromatic rings. The highest BCUT2D eigenvalue weighted by molar-refractivity contribution is 7.76. The fraction of sp³-hybridized carbons (Fsp3) is 0.250. The van der Waals surface area contributed by atoms with Gasteiger partial charge in [0.2, 0.25) is 7.29 Å². The Bertz CT molecular complexity index is 867. The first-order chi connectivity index (χ1) is 13.2. The fourth-order valence-electron chi connectivity index (χ4n) is 4.25. The molecule has 0 aliphatic carbocycles. The molecule has 0 saturated carbocycles. The van der Waals surface area contributed by atoms with Crippen molar-refractivity contribution in [3.05, 3.63) is 96.6 Å². The zero-order valence-corrected chi connectivity index (χ0v) is 16.6. The van der Waals surface area contributed by atoms with Gasteiger partial charge in [0, 0.05) is 23.2 Å². The second-order valence-electron chi connectivity index (χ2n) is 7.55. The Morgan fingerprint density at radius 2 is 1.30 bits per heavy atom. The molecule has 0 aromatic heterocycles. The van der Waals surface area contributed by atoms with E-state index in [1.807, 2.05) is 60.7 Å². The maximum Gasteiger partial charge on any atom is 0.207 e. The van der Waals surface area contributed by atoms with Gasteiger partial charge >= 0.3 is 0 Å². The molecule has 138 valence electrons. The van der Waals surface area contributed by atoms with Crippen LogP contribution in [-0.2, 0) is 11.0 Å². The Kier molecular flexibility index (Phi) is 5.29. The van der Waals surface area contributed by atoms with E-state index < -0.39 is 7.29 Å². The first-order valence-electron chi connectivity index (χ1n) is 9.70. The van der Waals surface area contributed by atoms with Gasteiger partial charge in [0.05, 0.1) is 0 Å². The van der Waals surface area contributed by atoms with Crippen molar-refractivity contribution in [2.75, 3.05) is 6.54 Å². The molecule has 1 saturated heterocycles. The largest absolute Gasteiger partial charge is 0.296 e. The first kappa shape index (κ1) is 18.2. The summed E-state index contributed by atoms with van der Waals surface area (Å²) in [7, 11) is -2.87. The van der Waals surface area contributed by atoms with E-state index in [-0.39, 0.29) is 6.04 Å². The van der Waals surface area contributed by atoms with Crippen molar-refractivity contribution < 1.29 is 4.57 Å². The van der Waals surface area contributed by atoms with Crippen LogP contribution in [0.4, 0.5) is 0 Å². The van der Waals surface area contributed by atoms with E-state index in [9.17, 15) is 4.57 Å². The molecule has 0 amide bonds. The second-order valence-corrected chi connectivity index (χ2v) is 10.3. The summed E-state index contributed by atoms with van der Waals surface area (Å²) in [6, 6.07) is 30.9. The number of hydrogen-bond acceptors (Lipinski definition) is 1. The topological polar surface area (TPSA) is 20.3 Å². The zero-order chi connectivity index (χ0) is 18.7.